The molecule has 0 radical (unpaired) electrons. The summed E-state index contributed by atoms with van der Waals surface area (Å²) in [7, 11) is 0. The molecule has 1 aliphatic heterocycles. The van der Waals surface area contributed by atoms with Crippen LogP contribution in [0.25, 0.3) is 0 Å². The zero-order chi connectivity index (χ0) is 22.4. The Hall–Kier alpha value is -3.46. The van der Waals surface area contributed by atoms with Crippen molar-refractivity contribution in [2.75, 3.05) is 16.8 Å². The zero-order valence-corrected chi connectivity index (χ0v) is 17.3. The van der Waals surface area contributed by atoms with Crippen molar-refractivity contribution >= 4 is 46.8 Å². The Bertz CT molecular complexity index is 978. The Labute approximate surface area is 183 Å². The molecule has 2 heterocycles. The maximum absolute atomic E-state index is 12.6. The van der Waals surface area contributed by atoms with E-state index in [2.05, 4.69) is 15.6 Å². The van der Waals surface area contributed by atoms with E-state index in [-0.39, 0.29) is 17.3 Å². The Morgan fingerprint density at radius 3 is 2.48 bits per heavy atom. The summed E-state index contributed by atoms with van der Waals surface area (Å²) in [4.78, 5) is 53.9. The van der Waals surface area contributed by atoms with Gasteiger partial charge in [0.1, 0.15) is 11.9 Å². The summed E-state index contributed by atoms with van der Waals surface area (Å²) >= 11 is 5.75. The van der Waals surface area contributed by atoms with Crippen molar-refractivity contribution in [3.63, 3.8) is 0 Å². The minimum atomic E-state index is -1.31. The van der Waals surface area contributed by atoms with Crippen molar-refractivity contribution in [3.05, 3.63) is 53.2 Å². The molecule has 3 amide bonds. The number of amides is 3. The van der Waals surface area contributed by atoms with Crippen LogP contribution in [-0.4, -0.2) is 46.4 Å². The fourth-order valence-electron chi connectivity index (χ4n) is 3.16. The second-order valence-electron chi connectivity index (χ2n) is 7.02. The molecule has 9 nitrogen and oxygen atoms in total. The summed E-state index contributed by atoms with van der Waals surface area (Å²) in [5, 5.41) is 14.4. The van der Waals surface area contributed by atoms with Gasteiger partial charge in [0.2, 0.25) is 11.8 Å². The molecule has 0 unspecified atom stereocenters. The molecule has 0 spiro atoms. The molecule has 1 atom stereocenters. The first kappa shape index (κ1) is 22.2. The molecule has 3 rings (SSSR count). The van der Waals surface area contributed by atoms with E-state index in [9.17, 15) is 19.2 Å². The first-order valence-electron chi connectivity index (χ1n) is 9.69. The molecule has 2 aromatic rings. The van der Waals surface area contributed by atoms with Crippen molar-refractivity contribution in [2.24, 2.45) is 0 Å². The van der Waals surface area contributed by atoms with E-state index in [0.29, 0.717) is 23.7 Å². The van der Waals surface area contributed by atoms with Gasteiger partial charge in [-0.15, -0.1) is 0 Å². The number of piperidine rings is 1. The van der Waals surface area contributed by atoms with E-state index in [1.54, 1.807) is 17.0 Å². The van der Waals surface area contributed by atoms with E-state index in [4.69, 9.17) is 16.7 Å². The van der Waals surface area contributed by atoms with Crippen LogP contribution in [0.1, 0.15) is 36.0 Å². The van der Waals surface area contributed by atoms with E-state index >= 15 is 0 Å². The smallest absolute Gasteiger partial charge is 0.305 e. The molecule has 0 aliphatic carbocycles. The number of aliphatic carboxylic acids is 1. The number of carboxylic acid groups (broad SMARTS) is 1. The number of halogens is 1. The zero-order valence-electron chi connectivity index (χ0n) is 16.5. The van der Waals surface area contributed by atoms with Gasteiger partial charge in [0.15, 0.2) is 0 Å². The Morgan fingerprint density at radius 1 is 1.13 bits per heavy atom. The fraction of sp³-hybridized carbons (Fsp3) is 0.286. The number of carbonyl (C=O) groups is 4. The summed E-state index contributed by atoms with van der Waals surface area (Å²) in [6, 6.07) is 8.03. The van der Waals surface area contributed by atoms with Gasteiger partial charge in [0.05, 0.1) is 11.4 Å². The van der Waals surface area contributed by atoms with Crippen LogP contribution in [-0.2, 0) is 14.4 Å². The van der Waals surface area contributed by atoms with Gasteiger partial charge in [-0.2, -0.15) is 0 Å². The number of rotatable bonds is 7. The van der Waals surface area contributed by atoms with Crippen molar-refractivity contribution in [1.29, 1.82) is 0 Å². The van der Waals surface area contributed by atoms with Gasteiger partial charge in [-0.25, -0.2) is 4.98 Å². The molecule has 1 fully saturated rings. The third kappa shape index (κ3) is 6.02. The Kier molecular flexibility index (Phi) is 7.19. The molecular formula is C21H21ClN4O5. The molecule has 3 N–H and O–H groups in total. The molecule has 31 heavy (non-hydrogen) atoms. The highest BCUT2D eigenvalue weighted by Gasteiger charge is 2.25. The lowest BCUT2D eigenvalue weighted by atomic mass is 10.1. The molecule has 0 saturated carbocycles. The van der Waals surface area contributed by atoms with Crippen LogP contribution in [0.2, 0.25) is 5.02 Å². The number of hydrogen-bond donors (Lipinski definition) is 3. The minimum Gasteiger partial charge on any atom is -0.481 e. The first-order valence-corrected chi connectivity index (χ1v) is 10.1. The Balaban J connectivity index is 1.68. The lowest BCUT2D eigenvalue weighted by molar-refractivity contribution is -0.139. The number of benzene rings is 1. The molecule has 0 bridgehead atoms. The third-order valence-corrected chi connectivity index (χ3v) is 4.97. The molecule has 1 aromatic carbocycles. The lowest BCUT2D eigenvalue weighted by Crippen LogP contribution is -2.45. The SMILES string of the molecule is O=C(O)C[C@H](NC(=O)c1ccc(N2CCCCC2=O)cc1)C(=O)Nc1ccc(Cl)cn1. The third-order valence-electron chi connectivity index (χ3n) is 4.74. The van der Waals surface area contributed by atoms with Gasteiger partial charge < -0.3 is 20.6 Å². The highest BCUT2D eigenvalue weighted by Crippen LogP contribution is 2.21. The van der Waals surface area contributed by atoms with Gasteiger partial charge in [0.25, 0.3) is 5.91 Å². The average Bonchev–Trinajstić information content (AvgIpc) is 2.75. The van der Waals surface area contributed by atoms with Gasteiger partial charge in [0, 0.05) is 30.4 Å². The van der Waals surface area contributed by atoms with E-state index < -0.39 is 30.2 Å². The van der Waals surface area contributed by atoms with Crippen LogP contribution < -0.4 is 15.5 Å². The first-order chi connectivity index (χ1) is 14.8. The number of carbonyl (C=O) groups excluding carboxylic acids is 3. The number of carboxylic acids is 1. The van der Waals surface area contributed by atoms with E-state index in [0.717, 1.165) is 12.8 Å². The molecule has 1 aliphatic rings. The summed E-state index contributed by atoms with van der Waals surface area (Å²) in [6.07, 6.45) is 3.01. The summed E-state index contributed by atoms with van der Waals surface area (Å²) in [6.45, 7) is 0.629. The fourth-order valence-corrected chi connectivity index (χ4v) is 3.27. The molecule has 10 heteroatoms. The normalized spacial score (nSPS) is 14.6. The van der Waals surface area contributed by atoms with E-state index in [1.807, 2.05) is 0 Å². The van der Waals surface area contributed by atoms with Gasteiger partial charge in [-0.05, 0) is 49.2 Å². The molecule has 1 saturated heterocycles. The van der Waals surface area contributed by atoms with Crippen LogP contribution in [0, 0.1) is 0 Å². The van der Waals surface area contributed by atoms with Crippen molar-refractivity contribution in [1.82, 2.24) is 10.3 Å². The predicted molar refractivity (Wildman–Crippen MR) is 114 cm³/mol. The largest absolute Gasteiger partial charge is 0.481 e. The van der Waals surface area contributed by atoms with Crippen LogP contribution in [0.3, 0.4) is 0 Å². The Morgan fingerprint density at radius 2 is 1.87 bits per heavy atom. The maximum atomic E-state index is 12.6. The number of hydrogen-bond acceptors (Lipinski definition) is 5. The monoisotopic (exact) mass is 444 g/mol. The highest BCUT2D eigenvalue weighted by molar-refractivity contribution is 6.30. The number of pyridine rings is 1. The van der Waals surface area contributed by atoms with Gasteiger partial charge in [-0.3, -0.25) is 19.2 Å². The van der Waals surface area contributed by atoms with Gasteiger partial charge >= 0.3 is 5.97 Å². The van der Waals surface area contributed by atoms with Crippen LogP contribution in [0.15, 0.2) is 42.6 Å². The minimum absolute atomic E-state index is 0.0393. The number of nitrogens with one attached hydrogen (secondary N) is 2. The number of aromatic nitrogens is 1. The average molecular weight is 445 g/mol. The summed E-state index contributed by atoms with van der Waals surface area (Å²) in [5.41, 5.74) is 0.927. The predicted octanol–water partition coefficient (Wildman–Crippen LogP) is 2.46. The molecule has 1 aromatic heterocycles. The summed E-state index contributed by atoms with van der Waals surface area (Å²) in [5.74, 6) is -2.36. The second-order valence-corrected chi connectivity index (χ2v) is 7.46. The molecule has 162 valence electrons. The quantitative estimate of drug-likeness (QED) is 0.601. The van der Waals surface area contributed by atoms with E-state index in [1.165, 1.54) is 30.5 Å². The number of anilines is 2. The van der Waals surface area contributed by atoms with Crippen molar-refractivity contribution < 1.29 is 24.3 Å². The van der Waals surface area contributed by atoms with Crippen LogP contribution in [0.5, 0.6) is 0 Å². The standard InChI is InChI=1S/C21H21ClN4O5/c22-14-6-9-17(23-12-14)25-21(31)16(11-19(28)29)24-20(30)13-4-7-15(8-5-13)26-10-2-1-3-18(26)27/h4-9,12,16H,1-3,10-11H2,(H,24,30)(H,28,29)(H,23,25,31)/t16-/m0/s1. The van der Waals surface area contributed by atoms with Crippen LogP contribution in [0.4, 0.5) is 11.5 Å². The topological polar surface area (TPSA) is 129 Å². The number of nitrogens with zero attached hydrogens (tertiary/aromatic N) is 2. The second kappa shape index (κ2) is 10.0. The van der Waals surface area contributed by atoms with Crippen LogP contribution >= 0.6 is 11.6 Å². The molecular weight excluding hydrogens is 424 g/mol. The van der Waals surface area contributed by atoms with Gasteiger partial charge in [-0.1, -0.05) is 11.6 Å². The highest BCUT2D eigenvalue weighted by atomic mass is 35.5. The van der Waals surface area contributed by atoms with Crippen molar-refractivity contribution in [2.45, 2.75) is 31.7 Å². The lowest BCUT2D eigenvalue weighted by Gasteiger charge is -2.26. The van der Waals surface area contributed by atoms with Crippen molar-refractivity contribution in [3.8, 4) is 0 Å². The summed E-state index contributed by atoms with van der Waals surface area (Å²) < 4.78 is 0. The maximum Gasteiger partial charge on any atom is 0.305 e.